The second-order valence-electron chi connectivity index (χ2n) is 13.0. The molecule has 0 saturated carbocycles. The van der Waals surface area contributed by atoms with E-state index < -0.39 is 45.0 Å². The van der Waals surface area contributed by atoms with Crippen LogP contribution < -0.4 is 91.3 Å². The molecule has 0 spiro atoms. The number of hydrogen-bond donors (Lipinski definition) is 2. The summed E-state index contributed by atoms with van der Waals surface area (Å²) in [5.41, 5.74) is 1.38. The maximum Gasteiger partial charge on any atom is 1.00 e. The predicted molar refractivity (Wildman–Crippen MR) is 230 cm³/mol. The van der Waals surface area contributed by atoms with E-state index in [1.54, 1.807) is 24.3 Å². The number of nitrogens with one attached hydrogen (secondary N) is 2. The Kier molecular flexibility index (Phi) is 21.5. The van der Waals surface area contributed by atoms with Crippen molar-refractivity contribution in [3.63, 3.8) is 0 Å². The molecule has 2 heterocycles. The number of rotatable bonds is 15. The third-order valence-corrected chi connectivity index (χ3v) is 13.2. The van der Waals surface area contributed by atoms with Crippen molar-refractivity contribution in [3.8, 4) is 17.3 Å². The van der Waals surface area contributed by atoms with Crippen LogP contribution in [0.15, 0.2) is 143 Å². The van der Waals surface area contributed by atoms with Crippen LogP contribution in [0.5, 0.6) is 0 Å². The van der Waals surface area contributed by atoms with Crippen molar-refractivity contribution < 1.29 is 129 Å². The number of nitriles is 1. The molecule has 7 aromatic rings. The van der Waals surface area contributed by atoms with Gasteiger partial charge in [-0.1, -0.05) is 47.2 Å². The molecule has 0 aliphatic carbocycles. The standard InChI is InChI=1S/C38H26ClN9O12S5.4Li/c1-20-30(19-40)35(41-23-9-13-26(14-10-23)63(50,51)52)44-36(42-24-11-15-27(16-12-24)64(53,54)55)33(20)46-48-38-43-34(21-5-7-22(39)8-6-21)37(61-38)47-45-25-17-29-28(31(18-25)62-60-59-49)3-2-4-32(29)65(56,57)58;;;;/h2-18,49H,1H3,(H2,41,42,44)(H,50,51,52)(H,53,54,55)(H,56,57,58);;;;/q;4*+1/p-4. The van der Waals surface area contributed by atoms with Crippen LogP contribution in [0, 0.1) is 18.3 Å². The van der Waals surface area contributed by atoms with E-state index >= 15 is 0 Å². The molecule has 5 aromatic carbocycles. The van der Waals surface area contributed by atoms with Crippen LogP contribution in [-0.4, -0.2) is 48.9 Å². The Morgan fingerprint density at radius 3 is 1.83 bits per heavy atom. The van der Waals surface area contributed by atoms with Crippen molar-refractivity contribution in [2.45, 2.75) is 26.5 Å². The van der Waals surface area contributed by atoms with Gasteiger partial charge in [-0.05, 0) is 91.2 Å². The third-order valence-electron chi connectivity index (χ3n) is 8.87. The molecular formula is C38H22ClLi4N9O12S5. The quantitative estimate of drug-likeness (QED) is 0.0251. The van der Waals surface area contributed by atoms with Gasteiger partial charge < -0.3 is 29.5 Å². The monoisotopic (exact) mass is 1020 g/mol. The predicted octanol–water partition coefficient (Wildman–Crippen LogP) is -3.53. The van der Waals surface area contributed by atoms with Crippen molar-refractivity contribution in [2.24, 2.45) is 20.5 Å². The zero-order valence-electron chi connectivity index (χ0n) is 36.3. The summed E-state index contributed by atoms with van der Waals surface area (Å²) in [7, 11) is -14.5. The largest absolute Gasteiger partial charge is 1.00 e. The van der Waals surface area contributed by atoms with Gasteiger partial charge in [0.05, 0.1) is 38.0 Å². The Hall–Kier alpha value is -3.93. The molecule has 0 saturated heterocycles. The molecule has 0 atom stereocenters. The number of azo groups is 2. The van der Waals surface area contributed by atoms with Gasteiger partial charge in [-0.15, -0.1) is 20.5 Å². The first-order chi connectivity index (χ1) is 30.8. The van der Waals surface area contributed by atoms with Crippen molar-refractivity contribution in [2.75, 3.05) is 10.6 Å². The molecule has 7 rings (SSSR count). The third kappa shape index (κ3) is 14.6. The number of anilines is 4. The zero-order valence-corrected chi connectivity index (χ0v) is 41.1. The van der Waals surface area contributed by atoms with E-state index in [1.165, 1.54) is 55.5 Å². The first-order valence-electron chi connectivity index (χ1n) is 17.7. The molecule has 0 radical (unpaired) electrons. The fraction of sp³-hybridized carbons (Fsp3) is 0.0263. The molecule has 31 heteroatoms. The zero-order chi connectivity index (χ0) is 46.7. The van der Waals surface area contributed by atoms with Crippen LogP contribution in [0.25, 0.3) is 22.0 Å². The summed E-state index contributed by atoms with van der Waals surface area (Å²) in [5.74, 6) is -0.0957. The Bertz CT molecular complexity index is 3450. The van der Waals surface area contributed by atoms with Gasteiger partial charge in [0.2, 0.25) is 5.13 Å². The van der Waals surface area contributed by atoms with Crippen LogP contribution in [0.4, 0.5) is 44.5 Å². The van der Waals surface area contributed by atoms with Gasteiger partial charge in [-0.2, -0.15) is 9.60 Å². The molecule has 0 aliphatic rings. The molecule has 2 aromatic heterocycles. The minimum atomic E-state index is -4.98. The first kappa shape index (κ1) is 59.4. The molecule has 0 fully saturated rings. The minimum absolute atomic E-state index is 0. The maximum absolute atomic E-state index is 12.2. The molecule has 0 unspecified atom stereocenters. The Labute approximate surface area is 454 Å². The van der Waals surface area contributed by atoms with E-state index in [4.69, 9.17) is 11.6 Å². The Morgan fingerprint density at radius 1 is 0.710 bits per heavy atom. The number of benzene rings is 5. The number of thiazole rings is 1. The number of nitrogens with zero attached hydrogens (tertiary/aromatic N) is 7. The van der Waals surface area contributed by atoms with E-state index in [0.29, 0.717) is 22.6 Å². The number of halogens is 1. The number of fused-ring (bicyclic) bond motifs is 1. The van der Waals surface area contributed by atoms with Gasteiger partial charge in [0.15, 0.2) is 16.6 Å². The van der Waals surface area contributed by atoms with Crippen LogP contribution in [-0.2, 0) is 39.7 Å². The van der Waals surface area contributed by atoms with Crippen molar-refractivity contribution in [1.29, 1.82) is 5.26 Å². The Morgan fingerprint density at radius 2 is 1.29 bits per heavy atom. The van der Waals surface area contributed by atoms with Gasteiger partial charge in [-0.3, -0.25) is 5.04 Å². The van der Waals surface area contributed by atoms with Crippen LogP contribution in [0.3, 0.4) is 0 Å². The van der Waals surface area contributed by atoms with Gasteiger partial charge in [0.25, 0.3) is 0 Å². The van der Waals surface area contributed by atoms with Gasteiger partial charge in [0.1, 0.15) is 47.8 Å². The molecule has 21 nitrogen and oxygen atoms in total. The number of pyridine rings is 1. The van der Waals surface area contributed by atoms with Gasteiger partial charge >= 0.3 is 75.4 Å². The van der Waals surface area contributed by atoms with E-state index in [2.05, 4.69) is 50.4 Å². The van der Waals surface area contributed by atoms with Crippen molar-refractivity contribution in [1.82, 2.24) is 9.97 Å². The molecule has 69 heavy (non-hydrogen) atoms. The second kappa shape index (κ2) is 24.9. The summed E-state index contributed by atoms with van der Waals surface area (Å²) in [4.78, 5) is 7.73. The molecular weight excluding hydrogens is 998 g/mol. The molecule has 332 valence electrons. The fourth-order valence-electron chi connectivity index (χ4n) is 5.92. The van der Waals surface area contributed by atoms with E-state index in [0.717, 1.165) is 41.7 Å². The van der Waals surface area contributed by atoms with Gasteiger partial charge in [-0.25, -0.2) is 35.2 Å². The summed E-state index contributed by atoms with van der Waals surface area (Å²) in [6.07, 6.45) is 0. The number of hydrogen-bond acceptors (Lipinski definition) is 23. The van der Waals surface area contributed by atoms with Crippen LogP contribution in [0.2, 0.25) is 5.02 Å². The molecule has 0 amide bonds. The first-order valence-corrected chi connectivity index (χ1v) is 23.8. The van der Waals surface area contributed by atoms with E-state index in [9.17, 15) is 49.4 Å². The topological polar surface area (TPSA) is 336 Å². The normalized spacial score (nSPS) is 11.6. The average molecular weight is 1020 g/mol. The van der Waals surface area contributed by atoms with Crippen LogP contribution in [0.1, 0.15) is 11.1 Å². The van der Waals surface area contributed by atoms with E-state index in [-0.39, 0.29) is 152 Å². The molecule has 0 bridgehead atoms. The summed E-state index contributed by atoms with van der Waals surface area (Å²) < 4.78 is 110. The molecule has 0 aliphatic heterocycles. The smallest absolute Gasteiger partial charge is 0.744 e. The fourth-order valence-corrected chi connectivity index (χ4v) is 8.94. The van der Waals surface area contributed by atoms with Crippen molar-refractivity contribution >= 4 is 121 Å². The second-order valence-corrected chi connectivity index (χ2v) is 19.2. The van der Waals surface area contributed by atoms with Gasteiger partial charge in [0, 0.05) is 37.8 Å². The van der Waals surface area contributed by atoms with Crippen LogP contribution >= 0.6 is 35.0 Å². The molecule has 2 N–H and O–H groups in total. The average Bonchev–Trinajstić information content (AvgIpc) is 3.67. The SMILES string of the molecule is Cc1c(C#N)c(Nc2ccc(S(=O)(=O)[O-])cc2)nc(Nc2ccc(S(=O)(=O)[O-])cc2)c1N=Nc1nc(-c2ccc(Cl)cc2)c(N=Nc2cc(SOO[O-])c3cccc(S(=O)(=O)[O-])c3c2)s1.[Li+].[Li+].[Li+].[Li+]. The minimum Gasteiger partial charge on any atom is -0.744 e. The summed E-state index contributed by atoms with van der Waals surface area (Å²) in [6.45, 7) is 1.53. The summed E-state index contributed by atoms with van der Waals surface area (Å²) in [5, 5.41) is 48.4. The van der Waals surface area contributed by atoms with Crippen molar-refractivity contribution in [3.05, 3.63) is 119 Å². The summed E-state index contributed by atoms with van der Waals surface area (Å²) >= 11 is 7.48. The maximum atomic E-state index is 12.2. The Balaban J connectivity index is 0.00000315. The number of aromatic nitrogens is 2. The van der Waals surface area contributed by atoms with E-state index in [1.807, 2.05) is 6.07 Å². The summed E-state index contributed by atoms with van der Waals surface area (Å²) in [6, 6.07) is 24.6.